The van der Waals surface area contributed by atoms with E-state index in [0.29, 0.717) is 36.0 Å². The van der Waals surface area contributed by atoms with E-state index in [1.54, 1.807) is 23.2 Å². The Balaban J connectivity index is 1.80. The highest BCUT2D eigenvalue weighted by molar-refractivity contribution is 6.74. The van der Waals surface area contributed by atoms with Crippen molar-refractivity contribution in [1.82, 2.24) is 9.97 Å². The highest BCUT2D eigenvalue weighted by atomic mass is 28.4. The van der Waals surface area contributed by atoms with E-state index >= 15 is 0 Å². The highest BCUT2D eigenvalue weighted by Crippen LogP contribution is 2.47. The number of aromatic nitrogens is 2. The summed E-state index contributed by atoms with van der Waals surface area (Å²) in [4.78, 5) is 24.3. The fourth-order valence-electron chi connectivity index (χ4n) is 4.89. The van der Waals surface area contributed by atoms with Crippen molar-refractivity contribution < 1.29 is 19.1 Å². The average Bonchev–Trinajstić information content (AvgIpc) is 3.24. The minimum Gasteiger partial charge on any atom is -0.443 e. The summed E-state index contributed by atoms with van der Waals surface area (Å²) in [6.45, 7) is 21.2. The Morgan fingerprint density at radius 3 is 2.48 bits per heavy atom. The Kier molecular flexibility index (Phi) is 9.00. The molecule has 44 heavy (non-hydrogen) atoms. The second-order valence-corrected chi connectivity index (χ2v) is 19.2. The molecule has 1 atom stereocenters. The summed E-state index contributed by atoms with van der Waals surface area (Å²) in [5, 5.41) is 23.2. The van der Waals surface area contributed by atoms with Crippen molar-refractivity contribution in [2.75, 3.05) is 23.4 Å². The average molecular weight is 616 g/mol. The van der Waals surface area contributed by atoms with Crippen LogP contribution in [0, 0.1) is 18.3 Å². The normalized spacial score (nSPS) is 16.8. The molecular weight excluding hydrogens is 570 g/mol. The number of anilines is 3. The van der Waals surface area contributed by atoms with Crippen LogP contribution in [0.5, 0.6) is 0 Å². The van der Waals surface area contributed by atoms with Gasteiger partial charge in [-0.15, -0.1) is 0 Å². The molecule has 10 heteroatoms. The Morgan fingerprint density at radius 1 is 1.16 bits per heavy atom. The highest BCUT2D eigenvalue weighted by Gasteiger charge is 2.47. The quantitative estimate of drug-likeness (QED) is 0.261. The van der Waals surface area contributed by atoms with E-state index in [4.69, 9.17) is 14.1 Å². The first-order valence-corrected chi connectivity index (χ1v) is 17.8. The molecule has 234 valence electrons. The number of amides is 1. The largest absolute Gasteiger partial charge is 0.443 e. The predicted octanol–water partition coefficient (Wildman–Crippen LogP) is 7.59. The molecule has 1 aliphatic heterocycles. The second kappa shape index (κ2) is 12.0. The van der Waals surface area contributed by atoms with Crippen molar-refractivity contribution in [1.29, 1.82) is 5.26 Å². The molecule has 2 heterocycles. The standard InChI is InChI=1S/C34H45N5O4Si/c1-22-11-12-23(19-40)15-28(22)38-30-36-14-13-27(37-30)24-16-25(18-35)29-26(17-24)34(8,21-42-44(9,10)33(5,6)7)20-39(29)31(41)43-32(2,3)4/h11-17,40H,19-21H2,1-10H3,(H,36,37,38)/t34-/m1/s1. The minimum absolute atomic E-state index is 0.00865. The second-order valence-electron chi connectivity index (χ2n) is 14.4. The number of aliphatic hydroxyl groups excluding tert-OH is 1. The van der Waals surface area contributed by atoms with Gasteiger partial charge in [-0.3, -0.25) is 4.90 Å². The van der Waals surface area contributed by atoms with E-state index in [9.17, 15) is 15.2 Å². The van der Waals surface area contributed by atoms with Gasteiger partial charge in [-0.25, -0.2) is 14.8 Å². The zero-order valence-corrected chi connectivity index (χ0v) is 28.6. The van der Waals surface area contributed by atoms with E-state index in [2.05, 4.69) is 57.2 Å². The summed E-state index contributed by atoms with van der Waals surface area (Å²) in [6.07, 6.45) is 1.18. The molecule has 1 amide bonds. The summed E-state index contributed by atoms with van der Waals surface area (Å²) >= 11 is 0. The number of fused-ring (bicyclic) bond motifs is 1. The van der Waals surface area contributed by atoms with Crippen LogP contribution in [-0.2, 0) is 21.2 Å². The number of nitrogens with zero attached hydrogens (tertiary/aromatic N) is 4. The Hall–Kier alpha value is -3.78. The van der Waals surface area contributed by atoms with Gasteiger partial charge >= 0.3 is 6.09 Å². The number of hydrogen-bond donors (Lipinski definition) is 2. The van der Waals surface area contributed by atoms with Crippen molar-refractivity contribution in [2.24, 2.45) is 0 Å². The zero-order valence-electron chi connectivity index (χ0n) is 27.6. The van der Waals surface area contributed by atoms with Gasteiger partial charge in [-0.05, 0) is 86.8 Å². The molecular formula is C34H45N5O4Si. The lowest BCUT2D eigenvalue weighted by Gasteiger charge is -2.39. The maximum Gasteiger partial charge on any atom is 0.414 e. The Bertz CT molecular complexity index is 1600. The van der Waals surface area contributed by atoms with E-state index < -0.39 is 25.4 Å². The molecule has 2 N–H and O–H groups in total. The van der Waals surface area contributed by atoms with Gasteiger partial charge in [0.1, 0.15) is 11.7 Å². The molecule has 4 rings (SSSR count). The lowest BCUT2D eigenvalue weighted by Crippen LogP contribution is -2.46. The van der Waals surface area contributed by atoms with Crippen molar-refractivity contribution in [3.63, 3.8) is 0 Å². The van der Waals surface area contributed by atoms with Gasteiger partial charge in [0.15, 0.2) is 8.32 Å². The van der Waals surface area contributed by atoms with E-state index in [0.717, 1.165) is 27.9 Å². The molecule has 9 nitrogen and oxygen atoms in total. The van der Waals surface area contributed by atoms with Crippen LogP contribution in [0.15, 0.2) is 42.6 Å². The van der Waals surface area contributed by atoms with Crippen molar-refractivity contribution >= 4 is 31.7 Å². The fourth-order valence-corrected chi connectivity index (χ4v) is 6.00. The van der Waals surface area contributed by atoms with Gasteiger partial charge in [0.2, 0.25) is 5.95 Å². The number of ether oxygens (including phenoxy) is 1. The first-order valence-electron chi connectivity index (χ1n) is 14.9. The zero-order chi connectivity index (χ0) is 32.7. The number of hydrogen-bond acceptors (Lipinski definition) is 8. The molecule has 3 aromatic rings. The first kappa shape index (κ1) is 33.1. The molecule has 1 aliphatic rings. The van der Waals surface area contributed by atoms with Gasteiger partial charge < -0.3 is 19.6 Å². The summed E-state index contributed by atoms with van der Waals surface area (Å²) in [6, 6.07) is 13.6. The third-order valence-electron chi connectivity index (χ3n) is 8.51. The Morgan fingerprint density at radius 2 is 1.86 bits per heavy atom. The third kappa shape index (κ3) is 6.96. The van der Waals surface area contributed by atoms with Gasteiger partial charge in [-0.1, -0.05) is 39.8 Å². The number of nitriles is 1. The number of rotatable bonds is 7. The van der Waals surface area contributed by atoms with Crippen LogP contribution >= 0.6 is 0 Å². The van der Waals surface area contributed by atoms with Crippen molar-refractivity contribution in [3.05, 3.63) is 64.8 Å². The summed E-state index contributed by atoms with van der Waals surface area (Å²) in [5.74, 6) is 0.388. The summed E-state index contributed by atoms with van der Waals surface area (Å²) in [7, 11) is -2.13. The van der Waals surface area contributed by atoms with Crippen LogP contribution in [-0.4, -0.2) is 48.2 Å². The molecule has 0 bridgehead atoms. The van der Waals surface area contributed by atoms with Crippen LogP contribution in [0.1, 0.15) is 70.7 Å². The van der Waals surface area contributed by atoms with Gasteiger partial charge in [0.05, 0.1) is 23.6 Å². The molecule has 2 aromatic carbocycles. The van der Waals surface area contributed by atoms with Gasteiger partial charge in [0, 0.05) is 36.0 Å². The van der Waals surface area contributed by atoms with E-state index in [-0.39, 0.29) is 11.6 Å². The molecule has 0 radical (unpaired) electrons. The van der Waals surface area contributed by atoms with Crippen LogP contribution in [0.4, 0.5) is 22.1 Å². The number of carbonyl (C=O) groups excluding carboxylic acids is 1. The number of benzene rings is 2. The van der Waals surface area contributed by atoms with Crippen LogP contribution < -0.4 is 10.2 Å². The lowest BCUT2D eigenvalue weighted by molar-refractivity contribution is 0.0575. The van der Waals surface area contributed by atoms with E-state index in [1.807, 2.05) is 52.0 Å². The number of carbonyl (C=O) groups is 1. The van der Waals surface area contributed by atoms with Gasteiger partial charge in [0.25, 0.3) is 0 Å². The summed E-state index contributed by atoms with van der Waals surface area (Å²) in [5.41, 5.74) is 4.38. The third-order valence-corrected chi connectivity index (χ3v) is 13.0. The van der Waals surface area contributed by atoms with Crippen LogP contribution in [0.25, 0.3) is 11.3 Å². The maximum atomic E-state index is 13.5. The molecule has 0 spiro atoms. The van der Waals surface area contributed by atoms with Crippen LogP contribution in [0.3, 0.4) is 0 Å². The molecule has 0 saturated carbocycles. The SMILES string of the molecule is Cc1ccc(CO)cc1Nc1nccc(-c2cc(C#N)c3c(c2)[C@@](C)(CO[Si](C)(C)C(C)(C)C)CN3C(=O)OC(C)(C)C)n1. The molecule has 0 unspecified atom stereocenters. The van der Waals surface area contributed by atoms with Gasteiger partial charge in [-0.2, -0.15) is 5.26 Å². The Labute approximate surface area is 262 Å². The summed E-state index contributed by atoms with van der Waals surface area (Å²) < 4.78 is 12.5. The van der Waals surface area contributed by atoms with Crippen molar-refractivity contribution in [2.45, 2.75) is 91.1 Å². The number of aryl methyl sites for hydroxylation is 1. The monoisotopic (exact) mass is 615 g/mol. The van der Waals surface area contributed by atoms with Crippen LogP contribution in [0.2, 0.25) is 18.1 Å². The smallest absolute Gasteiger partial charge is 0.414 e. The first-order chi connectivity index (χ1) is 20.4. The topological polar surface area (TPSA) is 121 Å². The maximum absolute atomic E-state index is 13.5. The number of nitrogens with one attached hydrogen (secondary N) is 1. The lowest BCUT2D eigenvalue weighted by atomic mass is 9.83. The predicted molar refractivity (Wildman–Crippen MR) is 177 cm³/mol. The molecule has 0 fully saturated rings. The molecule has 1 aromatic heterocycles. The number of aliphatic hydroxyl groups is 1. The van der Waals surface area contributed by atoms with E-state index in [1.165, 1.54) is 0 Å². The molecule has 0 aliphatic carbocycles. The fraction of sp³-hybridized carbons (Fsp3) is 0.471. The minimum atomic E-state index is -2.13. The molecule has 0 saturated heterocycles. The van der Waals surface area contributed by atoms with Crippen molar-refractivity contribution in [3.8, 4) is 17.3 Å².